The topological polar surface area (TPSA) is 92.4 Å². The molecule has 6 rings (SSSR count). The van der Waals surface area contributed by atoms with Crippen molar-refractivity contribution in [3.8, 4) is 11.4 Å². The summed E-state index contributed by atoms with van der Waals surface area (Å²) in [5.41, 5.74) is 6.67. The molecule has 0 radical (unpaired) electrons. The first-order chi connectivity index (χ1) is 20.4. The summed E-state index contributed by atoms with van der Waals surface area (Å²) in [5.74, 6) is 0.168. The fourth-order valence-corrected chi connectivity index (χ4v) is 5.97. The number of aryl methyl sites for hydroxylation is 1. The van der Waals surface area contributed by atoms with Crippen LogP contribution in [0.4, 0.5) is 0 Å². The molecule has 2 aromatic carbocycles. The van der Waals surface area contributed by atoms with Crippen molar-refractivity contribution in [1.82, 2.24) is 9.55 Å². The molecule has 1 aliphatic heterocycles. The van der Waals surface area contributed by atoms with Gasteiger partial charge in [0.15, 0.2) is 5.78 Å². The summed E-state index contributed by atoms with van der Waals surface area (Å²) in [6.07, 6.45) is 1.71. The molecule has 1 unspecified atom stereocenters. The molecule has 0 amide bonds. The zero-order valence-corrected chi connectivity index (χ0v) is 26.7. The first-order valence-electron chi connectivity index (χ1n) is 15.8. The lowest BCUT2D eigenvalue weighted by molar-refractivity contribution is -0.128. The van der Waals surface area contributed by atoms with Gasteiger partial charge in [0, 0.05) is 29.5 Å². The van der Waals surface area contributed by atoms with Crippen LogP contribution in [0.1, 0.15) is 102 Å². The van der Waals surface area contributed by atoms with Gasteiger partial charge in [0.1, 0.15) is 6.10 Å². The van der Waals surface area contributed by atoms with E-state index in [0.29, 0.717) is 35.7 Å². The van der Waals surface area contributed by atoms with Gasteiger partial charge < -0.3 is 14.8 Å². The number of pyridine rings is 2. The number of carbonyl (C=O) groups excluding carboxylic acids is 1. The predicted molar refractivity (Wildman–Crippen MR) is 174 cm³/mol. The lowest BCUT2D eigenvalue weighted by atomic mass is 9.88. The fourth-order valence-electron chi connectivity index (χ4n) is 5.97. The minimum atomic E-state index is -1.24. The van der Waals surface area contributed by atoms with E-state index in [-0.39, 0.29) is 24.4 Å². The summed E-state index contributed by atoms with van der Waals surface area (Å²) in [6, 6.07) is 12.4. The van der Waals surface area contributed by atoms with E-state index in [1.54, 1.807) is 4.57 Å². The van der Waals surface area contributed by atoms with Crippen LogP contribution in [0, 0.1) is 5.92 Å². The first-order valence-corrected chi connectivity index (χ1v) is 15.8. The van der Waals surface area contributed by atoms with Crippen LogP contribution in [0.25, 0.3) is 33.1 Å². The number of hydrogen-bond acceptors (Lipinski definition) is 5. The van der Waals surface area contributed by atoms with Crippen LogP contribution in [0.5, 0.6) is 0 Å². The van der Waals surface area contributed by atoms with Crippen molar-refractivity contribution in [3.05, 3.63) is 74.6 Å². The van der Waals surface area contributed by atoms with Gasteiger partial charge in [-0.05, 0) is 71.2 Å². The van der Waals surface area contributed by atoms with Gasteiger partial charge in [0.05, 0.1) is 23.4 Å². The number of aliphatic hydroxyl groups excluding tert-OH is 2. The number of hydrogen-bond donors (Lipinski definition) is 2. The van der Waals surface area contributed by atoms with Crippen LogP contribution in [0.15, 0.2) is 41.2 Å². The quantitative estimate of drug-likeness (QED) is 0.215. The number of ketones is 1. The van der Waals surface area contributed by atoms with Gasteiger partial charge >= 0.3 is 0 Å². The van der Waals surface area contributed by atoms with Gasteiger partial charge in [-0.1, -0.05) is 79.7 Å². The Hall–Kier alpha value is -3.35. The van der Waals surface area contributed by atoms with Crippen LogP contribution in [-0.4, -0.2) is 32.2 Å². The van der Waals surface area contributed by atoms with Crippen LogP contribution >= 0.6 is 0 Å². The van der Waals surface area contributed by atoms with Crippen LogP contribution in [0.2, 0.25) is 0 Å². The molecular formula is C36H48N2O4. The second-order valence-corrected chi connectivity index (χ2v) is 10.6. The maximum absolute atomic E-state index is 13.5. The third-order valence-electron chi connectivity index (χ3n) is 7.70. The van der Waals surface area contributed by atoms with E-state index in [9.17, 15) is 19.8 Å². The Balaban J connectivity index is 0.000000760. The number of carbonyl (C=O) groups is 1. The number of nitrogens with zero attached hydrogens (tertiary/aromatic N) is 2. The van der Waals surface area contributed by atoms with Crippen molar-refractivity contribution in [1.29, 1.82) is 0 Å². The van der Waals surface area contributed by atoms with Crippen molar-refractivity contribution in [2.24, 2.45) is 5.92 Å². The van der Waals surface area contributed by atoms with E-state index < -0.39 is 6.10 Å². The highest BCUT2D eigenvalue weighted by Gasteiger charge is 2.33. The van der Waals surface area contributed by atoms with E-state index >= 15 is 0 Å². The third-order valence-corrected chi connectivity index (χ3v) is 7.70. The third kappa shape index (κ3) is 6.06. The Morgan fingerprint density at radius 1 is 0.952 bits per heavy atom. The highest BCUT2D eigenvalue weighted by atomic mass is 16.3. The molecule has 42 heavy (non-hydrogen) atoms. The molecule has 4 aromatic rings. The van der Waals surface area contributed by atoms with Gasteiger partial charge in [0.2, 0.25) is 0 Å². The van der Waals surface area contributed by atoms with Crippen molar-refractivity contribution in [3.63, 3.8) is 0 Å². The first kappa shape index (κ1) is 33.2. The Bertz CT molecular complexity index is 1620. The van der Waals surface area contributed by atoms with Gasteiger partial charge in [-0.15, -0.1) is 0 Å². The predicted octanol–water partition coefficient (Wildman–Crippen LogP) is 7.33. The van der Waals surface area contributed by atoms with Crippen molar-refractivity contribution >= 4 is 27.5 Å². The van der Waals surface area contributed by atoms with E-state index in [1.807, 2.05) is 53.7 Å². The molecular weight excluding hydrogens is 524 g/mol. The second kappa shape index (κ2) is 14.7. The van der Waals surface area contributed by atoms with Crippen LogP contribution in [0.3, 0.4) is 0 Å². The summed E-state index contributed by atoms with van der Waals surface area (Å²) in [5, 5.41) is 23.3. The maximum Gasteiger partial charge on any atom is 0.254 e. The molecule has 0 saturated carbocycles. The Kier molecular flexibility index (Phi) is 11.6. The normalized spacial score (nSPS) is 14.6. The van der Waals surface area contributed by atoms with Gasteiger partial charge in [-0.25, -0.2) is 4.98 Å². The zero-order valence-electron chi connectivity index (χ0n) is 26.7. The number of aliphatic hydroxyl groups is 2. The number of rotatable bonds is 5. The van der Waals surface area contributed by atoms with E-state index in [0.717, 1.165) is 52.2 Å². The maximum atomic E-state index is 13.5. The largest absolute Gasteiger partial charge is 0.396 e. The molecule has 0 saturated heterocycles. The highest BCUT2D eigenvalue weighted by molar-refractivity contribution is 6.09. The number of fused-ring (bicyclic) bond motifs is 7. The number of aromatic nitrogens is 2. The lowest BCUT2D eigenvalue weighted by Gasteiger charge is -2.21. The van der Waals surface area contributed by atoms with Crippen molar-refractivity contribution in [2.75, 3.05) is 6.61 Å². The fraction of sp³-hybridized carbons (Fsp3) is 0.472. The van der Waals surface area contributed by atoms with Gasteiger partial charge in [-0.2, -0.15) is 0 Å². The Labute approximate surface area is 250 Å². The Morgan fingerprint density at radius 2 is 1.64 bits per heavy atom. The standard InChI is InChI=1S/C30H30N2O4.3C2H6/c1-16(2)12-21-23-15-32-25(14-22-19(30(32)36)8-10-26(34)29(22)35)28(23)31-24-9-7-18-6-5-17(4-3-11-33)13-20(18)27(21)24;3*1-2/h5-7,9,13-14,16,29,33,35H,3-4,8,10-12,15H2,1-2H3;3*1-2H3. The molecule has 2 aromatic heterocycles. The molecule has 0 fully saturated rings. The van der Waals surface area contributed by atoms with Gasteiger partial charge in [-0.3, -0.25) is 9.59 Å². The van der Waals surface area contributed by atoms with E-state index in [4.69, 9.17) is 4.98 Å². The summed E-state index contributed by atoms with van der Waals surface area (Å²) in [4.78, 5) is 30.8. The van der Waals surface area contributed by atoms with E-state index in [2.05, 4.69) is 38.1 Å². The zero-order chi connectivity index (χ0) is 31.1. The van der Waals surface area contributed by atoms with Gasteiger partial charge in [0.25, 0.3) is 5.56 Å². The Morgan fingerprint density at radius 3 is 2.31 bits per heavy atom. The molecule has 2 N–H and O–H groups in total. The number of Topliss-reactive ketones (excluding diaryl/α,β-unsaturated/α-hetero) is 1. The average Bonchev–Trinajstić information content (AvgIpc) is 3.39. The second-order valence-electron chi connectivity index (χ2n) is 10.6. The molecule has 6 nitrogen and oxygen atoms in total. The minimum absolute atomic E-state index is 0.122. The molecule has 2 aliphatic rings. The summed E-state index contributed by atoms with van der Waals surface area (Å²) < 4.78 is 1.77. The summed E-state index contributed by atoms with van der Waals surface area (Å²) >= 11 is 0. The lowest BCUT2D eigenvalue weighted by Crippen LogP contribution is -2.31. The molecule has 1 atom stereocenters. The monoisotopic (exact) mass is 572 g/mol. The number of benzene rings is 2. The van der Waals surface area contributed by atoms with Crippen LogP contribution < -0.4 is 5.56 Å². The molecule has 0 bridgehead atoms. The average molecular weight is 573 g/mol. The molecule has 1 aliphatic carbocycles. The summed E-state index contributed by atoms with van der Waals surface area (Å²) in [7, 11) is 0. The van der Waals surface area contributed by atoms with E-state index in [1.165, 1.54) is 11.1 Å². The summed E-state index contributed by atoms with van der Waals surface area (Å²) in [6.45, 7) is 17.0. The van der Waals surface area contributed by atoms with Crippen LogP contribution in [-0.2, 0) is 30.6 Å². The molecule has 3 heterocycles. The molecule has 6 heteroatoms. The van der Waals surface area contributed by atoms with Crippen molar-refractivity contribution in [2.45, 2.75) is 100 Å². The smallest absolute Gasteiger partial charge is 0.254 e. The van der Waals surface area contributed by atoms with Crippen molar-refractivity contribution < 1.29 is 15.0 Å². The minimum Gasteiger partial charge on any atom is -0.396 e. The molecule has 0 spiro atoms. The highest BCUT2D eigenvalue weighted by Crippen LogP contribution is 2.41. The SMILES string of the molecule is CC.CC.CC.CC(C)Cc1c2c(nc3ccc4ccc(CCCO)cc4c13)-c1cc3c(c(=O)n1C2)CCC(=O)C3O. The molecule has 226 valence electrons.